The van der Waals surface area contributed by atoms with Gasteiger partial charge in [-0.15, -0.1) is 0 Å². The molecule has 1 unspecified atom stereocenters. The molecule has 1 atom stereocenters. The van der Waals surface area contributed by atoms with Crippen LogP contribution in [0.2, 0.25) is 0 Å². The van der Waals surface area contributed by atoms with E-state index >= 15 is 0 Å². The van der Waals surface area contributed by atoms with Crippen LogP contribution in [0, 0.1) is 0 Å². The van der Waals surface area contributed by atoms with Gasteiger partial charge in [0, 0.05) is 12.3 Å². The Kier molecular flexibility index (Phi) is 33.9. The molecule has 0 spiro atoms. The zero-order valence-corrected chi connectivity index (χ0v) is 17.7. The van der Waals surface area contributed by atoms with Crippen LogP contribution >= 0.6 is 0 Å². The molecule has 158 valence electrons. The van der Waals surface area contributed by atoms with Gasteiger partial charge in [-0.3, -0.25) is 9.79 Å². The van der Waals surface area contributed by atoms with Gasteiger partial charge in [0.1, 0.15) is 0 Å². The normalized spacial score (nSPS) is 11.8. The summed E-state index contributed by atoms with van der Waals surface area (Å²) in [6.45, 7) is 4.35. The summed E-state index contributed by atoms with van der Waals surface area (Å²) in [5.41, 5.74) is 0. The number of hydrogen-bond donors (Lipinski definition) is 1. The van der Waals surface area contributed by atoms with Crippen LogP contribution < -0.4 is 0 Å². The zero-order chi connectivity index (χ0) is 19.3. The van der Waals surface area contributed by atoms with E-state index in [1.807, 2.05) is 0 Å². The summed E-state index contributed by atoms with van der Waals surface area (Å²) in [7, 11) is 0. The fourth-order valence-electron chi connectivity index (χ4n) is 3.37. The van der Waals surface area contributed by atoms with Crippen molar-refractivity contribution in [2.75, 3.05) is 0 Å². The van der Waals surface area contributed by atoms with E-state index in [0.717, 1.165) is 6.42 Å². The van der Waals surface area contributed by atoms with Crippen LogP contribution in [-0.4, -0.2) is 82.4 Å². The minimum atomic E-state index is -0.802. The predicted molar refractivity (Wildman–Crippen MR) is 129 cm³/mol. The average molecular weight is 416 g/mol. The number of aliphatic carboxylic acids is 1. The Morgan fingerprint density at radius 1 is 0.750 bits per heavy atom. The first kappa shape index (κ1) is 33.8. The second-order valence-corrected chi connectivity index (χ2v) is 7.87. The van der Waals surface area contributed by atoms with Gasteiger partial charge in [-0.2, -0.15) is 0 Å². The van der Waals surface area contributed by atoms with Crippen molar-refractivity contribution in [2.45, 2.75) is 135 Å². The molecule has 0 aliphatic rings. The molecule has 0 aromatic carbocycles. The summed E-state index contributed by atoms with van der Waals surface area (Å²) in [5.74, 6) is -0.802. The van der Waals surface area contributed by atoms with Crippen LogP contribution in [0.3, 0.4) is 0 Å². The molecule has 3 nitrogen and oxygen atoms in total. The molecule has 0 saturated carbocycles. The monoisotopic (exact) mass is 415 g/mol. The molecule has 0 rings (SSSR count). The molecule has 0 saturated heterocycles. The van der Waals surface area contributed by atoms with Gasteiger partial charge in [0.15, 0.2) is 0 Å². The van der Waals surface area contributed by atoms with Gasteiger partial charge >= 0.3 is 65.1 Å². The number of aliphatic imine (C=N–C) groups is 1. The number of nitrogens with zero attached hydrogens (tertiary/aromatic N) is 1. The van der Waals surface area contributed by atoms with Crippen molar-refractivity contribution in [3.63, 3.8) is 0 Å². The molecule has 5 heteroatoms. The Morgan fingerprint density at radius 2 is 1.11 bits per heavy atom. The van der Waals surface area contributed by atoms with E-state index in [2.05, 4.69) is 18.8 Å². The standard InChI is InChI=1S/C23H45NO2.2Na.2H/c1-3-4-5-6-7-8-9-10-11-12-13-14-15-16-17-18-19-22(2)24-21-20-23(25)26;;;;/h21-22H,3-20H2,1-2H3,(H,25,26);;;;. The number of unbranched alkanes of at least 4 members (excludes halogenated alkanes) is 15. The van der Waals surface area contributed by atoms with Crippen molar-refractivity contribution in [1.82, 2.24) is 0 Å². The first-order valence-corrected chi connectivity index (χ1v) is 11.4. The zero-order valence-electron chi connectivity index (χ0n) is 17.7. The van der Waals surface area contributed by atoms with Crippen LogP contribution in [0.25, 0.3) is 0 Å². The average Bonchev–Trinajstić information content (AvgIpc) is 2.61. The molecular weight excluding hydrogens is 368 g/mol. The molecule has 0 radical (unpaired) electrons. The molecule has 0 aromatic heterocycles. The fourth-order valence-corrected chi connectivity index (χ4v) is 3.37. The van der Waals surface area contributed by atoms with Gasteiger partial charge in [-0.05, 0) is 13.3 Å². The Balaban J connectivity index is -0.00000312. The van der Waals surface area contributed by atoms with E-state index in [4.69, 9.17) is 5.11 Å². The van der Waals surface area contributed by atoms with Gasteiger partial charge in [0.25, 0.3) is 0 Å². The summed E-state index contributed by atoms with van der Waals surface area (Å²) in [4.78, 5) is 14.7. The third-order valence-corrected chi connectivity index (χ3v) is 5.10. The van der Waals surface area contributed by atoms with E-state index in [0.29, 0.717) is 0 Å². The third kappa shape index (κ3) is 29.3. The topological polar surface area (TPSA) is 49.7 Å². The SMILES string of the molecule is CCCCCCCCCCCCCCCCCCC(C)N=CCC(=O)O.[NaH].[NaH]. The number of carboxylic acid groups (broad SMARTS) is 1. The predicted octanol–water partition coefficient (Wildman–Crippen LogP) is 6.28. The van der Waals surface area contributed by atoms with Crippen molar-refractivity contribution in [3.8, 4) is 0 Å². The Bertz CT molecular complexity index is 339. The van der Waals surface area contributed by atoms with Gasteiger partial charge in [0.2, 0.25) is 0 Å². The van der Waals surface area contributed by atoms with E-state index in [-0.39, 0.29) is 71.6 Å². The van der Waals surface area contributed by atoms with Crippen molar-refractivity contribution in [2.24, 2.45) is 4.99 Å². The maximum atomic E-state index is 10.4. The number of carboxylic acids is 1. The Hall–Kier alpha value is 1.14. The van der Waals surface area contributed by atoms with Crippen LogP contribution in [0.15, 0.2) is 4.99 Å². The van der Waals surface area contributed by atoms with E-state index < -0.39 is 5.97 Å². The number of rotatable bonds is 20. The van der Waals surface area contributed by atoms with Crippen LogP contribution in [0.4, 0.5) is 0 Å². The van der Waals surface area contributed by atoms with E-state index in [1.165, 1.54) is 103 Å². The van der Waals surface area contributed by atoms with Crippen molar-refractivity contribution in [1.29, 1.82) is 0 Å². The first-order chi connectivity index (χ1) is 12.7. The summed E-state index contributed by atoms with van der Waals surface area (Å²) in [6.07, 6.45) is 25.0. The second kappa shape index (κ2) is 28.1. The molecule has 0 heterocycles. The molecule has 28 heavy (non-hydrogen) atoms. The molecular formula is C23H47NNa2O2. The molecule has 0 aliphatic heterocycles. The molecule has 0 aromatic rings. The molecule has 1 N–H and O–H groups in total. The molecule has 0 aliphatic carbocycles. The summed E-state index contributed by atoms with van der Waals surface area (Å²) >= 11 is 0. The summed E-state index contributed by atoms with van der Waals surface area (Å²) in [5, 5.41) is 8.56. The van der Waals surface area contributed by atoms with Gasteiger partial charge in [-0.25, -0.2) is 0 Å². The molecule has 0 amide bonds. The summed E-state index contributed by atoms with van der Waals surface area (Å²) in [6, 6.07) is 0.265. The Morgan fingerprint density at radius 3 is 1.46 bits per heavy atom. The first-order valence-electron chi connectivity index (χ1n) is 11.4. The van der Waals surface area contributed by atoms with Gasteiger partial charge in [-0.1, -0.05) is 110 Å². The van der Waals surface area contributed by atoms with Crippen molar-refractivity contribution >= 4 is 71.3 Å². The quantitative estimate of drug-likeness (QED) is 0.145. The van der Waals surface area contributed by atoms with Crippen LogP contribution in [0.5, 0.6) is 0 Å². The Labute approximate surface area is 219 Å². The van der Waals surface area contributed by atoms with E-state index in [1.54, 1.807) is 6.21 Å². The van der Waals surface area contributed by atoms with Crippen molar-refractivity contribution < 1.29 is 9.90 Å². The van der Waals surface area contributed by atoms with Gasteiger partial charge in [0.05, 0.1) is 6.42 Å². The molecule has 0 fully saturated rings. The van der Waals surface area contributed by atoms with E-state index in [9.17, 15) is 4.79 Å². The number of hydrogen-bond acceptors (Lipinski definition) is 2. The fraction of sp³-hybridized carbons (Fsp3) is 0.913. The maximum absolute atomic E-state index is 10.4. The third-order valence-electron chi connectivity index (χ3n) is 5.10. The van der Waals surface area contributed by atoms with Gasteiger partial charge < -0.3 is 5.11 Å². The summed E-state index contributed by atoms with van der Waals surface area (Å²) < 4.78 is 0. The minimum absolute atomic E-state index is 0. The van der Waals surface area contributed by atoms with Crippen molar-refractivity contribution in [3.05, 3.63) is 0 Å². The molecule has 0 bridgehead atoms. The van der Waals surface area contributed by atoms with Crippen LogP contribution in [-0.2, 0) is 4.79 Å². The number of carbonyl (C=O) groups is 1. The second-order valence-electron chi connectivity index (χ2n) is 7.87. The van der Waals surface area contributed by atoms with Crippen LogP contribution in [0.1, 0.15) is 129 Å².